The number of hydrogen-bond acceptors (Lipinski definition) is 3. The maximum Gasteiger partial charge on any atom is 0.264 e. The van der Waals surface area contributed by atoms with Crippen molar-refractivity contribution in [1.82, 2.24) is 5.32 Å². The van der Waals surface area contributed by atoms with E-state index in [4.69, 9.17) is 11.6 Å². The zero-order valence-electron chi connectivity index (χ0n) is 18.6. The second kappa shape index (κ2) is 9.76. The Hall–Kier alpha value is -2.83. The van der Waals surface area contributed by atoms with Crippen LogP contribution in [0.15, 0.2) is 71.6 Å². The van der Waals surface area contributed by atoms with E-state index in [0.29, 0.717) is 10.7 Å². The van der Waals surface area contributed by atoms with Crippen LogP contribution in [0.4, 0.5) is 5.69 Å². The fourth-order valence-corrected chi connectivity index (χ4v) is 5.02. The lowest BCUT2D eigenvalue weighted by atomic mass is 10.0. The van der Waals surface area contributed by atoms with Gasteiger partial charge in [0, 0.05) is 5.02 Å². The third-order valence-electron chi connectivity index (χ3n) is 5.48. The van der Waals surface area contributed by atoms with Crippen LogP contribution >= 0.6 is 11.6 Å². The van der Waals surface area contributed by atoms with E-state index in [9.17, 15) is 13.2 Å². The molecule has 0 saturated heterocycles. The van der Waals surface area contributed by atoms with Crippen LogP contribution in [0.25, 0.3) is 0 Å². The summed E-state index contributed by atoms with van der Waals surface area (Å²) in [6.07, 6.45) is 0. The van der Waals surface area contributed by atoms with E-state index >= 15 is 0 Å². The van der Waals surface area contributed by atoms with Crippen LogP contribution in [-0.4, -0.2) is 20.9 Å². The van der Waals surface area contributed by atoms with E-state index in [1.807, 2.05) is 58.0 Å². The van der Waals surface area contributed by atoms with Gasteiger partial charge in [-0.05, 0) is 80.3 Å². The number of sulfonamides is 1. The molecule has 0 heterocycles. The number of nitrogens with one attached hydrogen (secondary N) is 1. The molecule has 0 saturated carbocycles. The summed E-state index contributed by atoms with van der Waals surface area (Å²) in [5, 5.41) is 3.37. The molecule has 0 radical (unpaired) electrons. The number of para-hydroxylation sites is 1. The van der Waals surface area contributed by atoms with E-state index in [-0.39, 0.29) is 17.5 Å². The number of anilines is 1. The Morgan fingerprint density at radius 3 is 2.22 bits per heavy atom. The number of rotatable bonds is 7. The van der Waals surface area contributed by atoms with Crippen LogP contribution in [0, 0.1) is 20.8 Å². The molecule has 3 aromatic carbocycles. The van der Waals surface area contributed by atoms with Gasteiger partial charge in [0.05, 0.1) is 16.6 Å². The fraction of sp³-hybridized carbons (Fsp3) is 0.240. The summed E-state index contributed by atoms with van der Waals surface area (Å²) in [5.41, 5.74) is 4.48. The van der Waals surface area contributed by atoms with Crippen molar-refractivity contribution >= 4 is 33.2 Å². The number of aryl methyl sites for hydroxylation is 3. The van der Waals surface area contributed by atoms with E-state index in [1.165, 1.54) is 29.8 Å². The lowest BCUT2D eigenvalue weighted by Crippen LogP contribution is -2.41. The summed E-state index contributed by atoms with van der Waals surface area (Å²) < 4.78 is 28.1. The van der Waals surface area contributed by atoms with Gasteiger partial charge in [-0.3, -0.25) is 9.10 Å². The molecular formula is C25H27ClN2O3S. The van der Waals surface area contributed by atoms with Gasteiger partial charge >= 0.3 is 0 Å². The zero-order valence-corrected chi connectivity index (χ0v) is 20.2. The highest BCUT2D eigenvalue weighted by Gasteiger charge is 2.28. The Balaban J connectivity index is 1.90. The normalized spacial score (nSPS) is 12.3. The van der Waals surface area contributed by atoms with E-state index in [1.54, 1.807) is 12.1 Å². The van der Waals surface area contributed by atoms with Crippen molar-refractivity contribution in [2.75, 3.05) is 10.8 Å². The highest BCUT2D eigenvalue weighted by Crippen LogP contribution is 2.27. The first-order chi connectivity index (χ1) is 15.1. The predicted molar refractivity (Wildman–Crippen MR) is 130 cm³/mol. The highest BCUT2D eigenvalue weighted by molar-refractivity contribution is 7.92. The molecule has 7 heteroatoms. The molecule has 0 fully saturated rings. The minimum Gasteiger partial charge on any atom is -0.348 e. The number of benzene rings is 3. The lowest BCUT2D eigenvalue weighted by Gasteiger charge is -2.26. The number of amides is 1. The quantitative estimate of drug-likeness (QED) is 0.507. The molecule has 1 unspecified atom stereocenters. The Morgan fingerprint density at radius 1 is 0.938 bits per heavy atom. The maximum absolute atomic E-state index is 13.5. The first kappa shape index (κ1) is 23.8. The summed E-state index contributed by atoms with van der Waals surface area (Å²) in [6, 6.07) is 18.8. The van der Waals surface area contributed by atoms with Crippen LogP contribution in [0.5, 0.6) is 0 Å². The highest BCUT2D eigenvalue weighted by atomic mass is 35.5. The van der Waals surface area contributed by atoms with Gasteiger partial charge in [0.2, 0.25) is 5.91 Å². The van der Waals surface area contributed by atoms with Crippen molar-refractivity contribution in [2.45, 2.75) is 38.6 Å². The van der Waals surface area contributed by atoms with Crippen molar-refractivity contribution < 1.29 is 13.2 Å². The second-order valence-corrected chi connectivity index (χ2v) is 10.2. The monoisotopic (exact) mass is 470 g/mol. The van der Waals surface area contributed by atoms with Crippen LogP contribution in [0.1, 0.15) is 35.2 Å². The minimum absolute atomic E-state index is 0.0696. The molecule has 32 heavy (non-hydrogen) atoms. The smallest absolute Gasteiger partial charge is 0.264 e. The summed E-state index contributed by atoms with van der Waals surface area (Å²) in [6.45, 7) is 7.41. The number of carbonyl (C=O) groups is 1. The Morgan fingerprint density at radius 2 is 1.59 bits per heavy atom. The van der Waals surface area contributed by atoms with Gasteiger partial charge in [0.15, 0.2) is 0 Å². The first-order valence-corrected chi connectivity index (χ1v) is 12.1. The lowest BCUT2D eigenvalue weighted by molar-refractivity contribution is -0.120. The van der Waals surface area contributed by atoms with Crippen LogP contribution in [0.3, 0.4) is 0 Å². The summed E-state index contributed by atoms with van der Waals surface area (Å²) >= 11 is 5.93. The van der Waals surface area contributed by atoms with Gasteiger partial charge in [-0.25, -0.2) is 8.42 Å². The number of halogens is 1. The van der Waals surface area contributed by atoms with Crippen LogP contribution in [0.2, 0.25) is 5.02 Å². The van der Waals surface area contributed by atoms with Crippen molar-refractivity contribution in [3.8, 4) is 0 Å². The van der Waals surface area contributed by atoms with Crippen LogP contribution in [-0.2, 0) is 14.8 Å². The Kier molecular flexibility index (Phi) is 7.26. The first-order valence-electron chi connectivity index (χ1n) is 10.3. The van der Waals surface area contributed by atoms with Gasteiger partial charge < -0.3 is 5.32 Å². The molecule has 0 aromatic heterocycles. The Bertz CT molecular complexity index is 1220. The van der Waals surface area contributed by atoms with Crippen molar-refractivity contribution in [2.24, 2.45) is 0 Å². The van der Waals surface area contributed by atoms with Crippen LogP contribution < -0.4 is 9.62 Å². The van der Waals surface area contributed by atoms with Gasteiger partial charge in [0.1, 0.15) is 6.54 Å². The largest absolute Gasteiger partial charge is 0.348 e. The average molecular weight is 471 g/mol. The van der Waals surface area contributed by atoms with Crippen molar-refractivity contribution in [3.63, 3.8) is 0 Å². The molecule has 0 aliphatic rings. The third kappa shape index (κ3) is 5.31. The van der Waals surface area contributed by atoms with Crippen molar-refractivity contribution in [3.05, 3.63) is 94.0 Å². The van der Waals surface area contributed by atoms with Crippen molar-refractivity contribution in [1.29, 1.82) is 0 Å². The zero-order chi connectivity index (χ0) is 23.5. The molecule has 0 bridgehead atoms. The summed E-state index contributed by atoms with van der Waals surface area (Å²) in [4.78, 5) is 13.0. The van der Waals surface area contributed by atoms with E-state index in [0.717, 1.165) is 21.0 Å². The molecular weight excluding hydrogens is 444 g/mol. The van der Waals surface area contributed by atoms with Gasteiger partial charge in [-0.15, -0.1) is 0 Å². The van der Waals surface area contributed by atoms with Gasteiger partial charge in [-0.1, -0.05) is 48.0 Å². The molecule has 0 aliphatic carbocycles. The standard InChI is InChI=1S/C25H27ClN2O3S/c1-17-9-10-21(15-19(17)3)20(4)27-25(29)16-28(24-8-6-5-7-18(24)2)32(30,31)23-13-11-22(26)12-14-23/h5-15,20H,16H2,1-4H3,(H,27,29). The molecule has 0 spiro atoms. The molecule has 168 valence electrons. The topological polar surface area (TPSA) is 66.5 Å². The molecule has 5 nitrogen and oxygen atoms in total. The number of hydrogen-bond donors (Lipinski definition) is 1. The Labute approximate surface area is 195 Å². The molecule has 0 aliphatic heterocycles. The molecule has 3 aromatic rings. The summed E-state index contributed by atoms with van der Waals surface area (Å²) in [5.74, 6) is -0.392. The van der Waals surface area contributed by atoms with Gasteiger partial charge in [-0.2, -0.15) is 0 Å². The predicted octanol–water partition coefficient (Wildman–Crippen LogP) is 5.34. The third-order valence-corrected chi connectivity index (χ3v) is 7.51. The number of nitrogens with zero attached hydrogens (tertiary/aromatic N) is 1. The molecule has 1 amide bonds. The van der Waals surface area contributed by atoms with Gasteiger partial charge in [0.25, 0.3) is 10.0 Å². The molecule has 3 rings (SSSR count). The maximum atomic E-state index is 13.5. The molecule has 1 atom stereocenters. The SMILES string of the molecule is Cc1ccc(C(C)NC(=O)CN(c2ccccc2C)S(=O)(=O)c2ccc(Cl)cc2)cc1C. The number of carbonyl (C=O) groups excluding carboxylic acids is 1. The summed E-state index contributed by atoms with van der Waals surface area (Å²) in [7, 11) is -3.99. The average Bonchev–Trinajstić information content (AvgIpc) is 2.74. The van der Waals surface area contributed by atoms with E-state index in [2.05, 4.69) is 5.32 Å². The minimum atomic E-state index is -3.99. The second-order valence-electron chi connectivity index (χ2n) is 7.88. The fourth-order valence-electron chi connectivity index (χ4n) is 3.41. The molecule has 1 N–H and O–H groups in total. The van der Waals surface area contributed by atoms with E-state index < -0.39 is 15.9 Å².